The first-order chi connectivity index (χ1) is 9.87. The van der Waals surface area contributed by atoms with E-state index in [1.54, 1.807) is 0 Å². The van der Waals surface area contributed by atoms with Crippen LogP contribution >= 0.6 is 15.9 Å². The van der Waals surface area contributed by atoms with Crippen molar-refractivity contribution in [1.82, 2.24) is 9.78 Å². The number of nitrogens with one attached hydrogen (secondary N) is 1. The highest BCUT2D eigenvalue weighted by Gasteiger charge is 2.29. The maximum Gasteiger partial charge on any atom is 0.408 e. The van der Waals surface area contributed by atoms with Gasteiger partial charge in [0.1, 0.15) is 11.0 Å². The zero-order valence-electron chi connectivity index (χ0n) is 11.4. The molecule has 1 aliphatic rings. The van der Waals surface area contributed by atoms with E-state index in [4.69, 9.17) is 0 Å². The molecule has 2 rings (SSSR count). The van der Waals surface area contributed by atoms with Crippen LogP contribution in [0, 0.1) is 0 Å². The summed E-state index contributed by atoms with van der Waals surface area (Å²) in [4.78, 5) is 11.9. The van der Waals surface area contributed by atoms with Gasteiger partial charge in [0.15, 0.2) is 0 Å². The van der Waals surface area contributed by atoms with Crippen molar-refractivity contribution < 1.29 is 13.2 Å². The third-order valence-corrected chi connectivity index (χ3v) is 4.30. The molecule has 0 radical (unpaired) electrons. The number of rotatable bonds is 3. The highest BCUT2D eigenvalue weighted by molar-refractivity contribution is 9.10. The van der Waals surface area contributed by atoms with Crippen LogP contribution in [-0.2, 0) is 6.54 Å². The molecule has 1 saturated carbocycles. The van der Waals surface area contributed by atoms with Gasteiger partial charge < -0.3 is 5.32 Å². The Kier molecular flexibility index (Phi) is 5.29. The standard InChI is InChI=1S/C13H17BrF3N3O/c14-11-10(19-9-5-3-1-2-4-6-9)7-18-20(12(11)21)8-13(15,16)17/h7,9,19H,1-6,8H2. The summed E-state index contributed by atoms with van der Waals surface area (Å²) in [6.45, 7) is -1.38. The Bertz CT molecular complexity index is 536. The second-order valence-corrected chi connectivity index (χ2v) is 6.08. The zero-order chi connectivity index (χ0) is 15.5. The van der Waals surface area contributed by atoms with E-state index < -0.39 is 18.3 Å². The van der Waals surface area contributed by atoms with Crippen molar-refractivity contribution in [3.05, 3.63) is 21.0 Å². The average Bonchev–Trinajstić information content (AvgIpc) is 2.66. The molecule has 21 heavy (non-hydrogen) atoms. The summed E-state index contributed by atoms with van der Waals surface area (Å²) in [5.41, 5.74) is -0.309. The van der Waals surface area contributed by atoms with Gasteiger partial charge in [0.2, 0.25) is 0 Å². The molecule has 1 aliphatic carbocycles. The molecule has 0 aliphatic heterocycles. The summed E-state index contributed by atoms with van der Waals surface area (Å²) in [5, 5.41) is 6.82. The van der Waals surface area contributed by atoms with E-state index in [1.165, 1.54) is 19.0 Å². The highest BCUT2D eigenvalue weighted by Crippen LogP contribution is 2.24. The minimum Gasteiger partial charge on any atom is -0.380 e. The second kappa shape index (κ2) is 6.81. The van der Waals surface area contributed by atoms with Gasteiger partial charge in [-0.3, -0.25) is 4.79 Å². The molecule has 0 unspecified atom stereocenters. The van der Waals surface area contributed by atoms with E-state index in [0.29, 0.717) is 10.4 Å². The number of halogens is 4. The number of aromatic nitrogens is 2. The van der Waals surface area contributed by atoms with Gasteiger partial charge in [0.25, 0.3) is 5.56 Å². The van der Waals surface area contributed by atoms with E-state index in [2.05, 4.69) is 26.3 Å². The SMILES string of the molecule is O=c1c(Br)c(NC2CCCCCC2)cnn1CC(F)(F)F. The van der Waals surface area contributed by atoms with Gasteiger partial charge >= 0.3 is 6.18 Å². The van der Waals surface area contributed by atoms with Gasteiger partial charge in [0, 0.05) is 6.04 Å². The Balaban J connectivity index is 2.14. The largest absolute Gasteiger partial charge is 0.408 e. The molecule has 4 nitrogen and oxygen atoms in total. The summed E-state index contributed by atoms with van der Waals surface area (Å²) >= 11 is 3.08. The predicted molar refractivity (Wildman–Crippen MR) is 77.4 cm³/mol. The molecule has 1 heterocycles. The molecule has 1 N–H and O–H groups in total. The van der Waals surface area contributed by atoms with Crippen LogP contribution < -0.4 is 10.9 Å². The smallest absolute Gasteiger partial charge is 0.380 e. The van der Waals surface area contributed by atoms with Gasteiger partial charge in [0.05, 0.1) is 11.9 Å². The first-order valence-electron chi connectivity index (χ1n) is 6.96. The van der Waals surface area contributed by atoms with Crippen LogP contribution in [0.1, 0.15) is 38.5 Å². The number of alkyl halides is 3. The molecule has 0 bridgehead atoms. The monoisotopic (exact) mass is 367 g/mol. The van der Waals surface area contributed by atoms with Crippen molar-refractivity contribution in [3.8, 4) is 0 Å². The van der Waals surface area contributed by atoms with Crippen molar-refractivity contribution in [2.45, 2.75) is 57.3 Å². The van der Waals surface area contributed by atoms with Crippen LogP contribution in [0.5, 0.6) is 0 Å². The van der Waals surface area contributed by atoms with E-state index in [-0.39, 0.29) is 10.5 Å². The number of hydrogen-bond donors (Lipinski definition) is 1. The van der Waals surface area contributed by atoms with Crippen LogP contribution in [0.4, 0.5) is 18.9 Å². The lowest BCUT2D eigenvalue weighted by Gasteiger charge is -2.18. The summed E-state index contributed by atoms with van der Waals surface area (Å²) in [6, 6.07) is 0.239. The first kappa shape index (κ1) is 16.3. The van der Waals surface area contributed by atoms with Crippen molar-refractivity contribution >= 4 is 21.6 Å². The molecule has 118 valence electrons. The minimum atomic E-state index is -4.47. The minimum absolute atomic E-state index is 0.103. The molecule has 0 atom stereocenters. The van der Waals surface area contributed by atoms with Crippen LogP contribution in [0.25, 0.3) is 0 Å². The zero-order valence-corrected chi connectivity index (χ0v) is 13.0. The second-order valence-electron chi connectivity index (χ2n) is 5.28. The molecule has 1 aromatic rings. The molecule has 0 aromatic carbocycles. The van der Waals surface area contributed by atoms with E-state index in [1.807, 2.05) is 0 Å². The number of nitrogens with zero attached hydrogens (tertiary/aromatic N) is 2. The van der Waals surface area contributed by atoms with Crippen LogP contribution in [0.3, 0.4) is 0 Å². The molecule has 0 saturated heterocycles. The Morgan fingerprint density at radius 2 is 1.90 bits per heavy atom. The lowest BCUT2D eigenvalue weighted by atomic mass is 10.1. The van der Waals surface area contributed by atoms with Crippen LogP contribution in [0.15, 0.2) is 15.5 Å². The first-order valence-corrected chi connectivity index (χ1v) is 7.75. The fourth-order valence-corrected chi connectivity index (χ4v) is 2.91. The molecule has 0 amide bonds. The fourth-order valence-electron chi connectivity index (χ4n) is 2.49. The average molecular weight is 368 g/mol. The van der Waals surface area contributed by atoms with Gasteiger partial charge in [-0.1, -0.05) is 25.7 Å². The molecule has 1 aromatic heterocycles. The molecule has 0 spiro atoms. The number of hydrogen-bond acceptors (Lipinski definition) is 3. The molecular weight excluding hydrogens is 351 g/mol. The maximum atomic E-state index is 12.3. The lowest BCUT2D eigenvalue weighted by Crippen LogP contribution is -2.31. The van der Waals surface area contributed by atoms with Crippen molar-refractivity contribution in [1.29, 1.82) is 0 Å². The quantitative estimate of drug-likeness (QED) is 0.828. The molecule has 8 heteroatoms. The summed E-state index contributed by atoms with van der Waals surface area (Å²) in [7, 11) is 0. The van der Waals surface area contributed by atoms with Crippen molar-refractivity contribution in [2.24, 2.45) is 0 Å². The van der Waals surface area contributed by atoms with Crippen LogP contribution in [-0.4, -0.2) is 22.0 Å². The Hall–Kier alpha value is -1.05. The van der Waals surface area contributed by atoms with Crippen molar-refractivity contribution in [3.63, 3.8) is 0 Å². The summed E-state index contributed by atoms with van der Waals surface area (Å²) < 4.78 is 37.5. The molecule has 1 fully saturated rings. The molecular formula is C13H17BrF3N3O. The Labute approximate surface area is 128 Å². The van der Waals surface area contributed by atoms with Gasteiger partial charge in [-0.15, -0.1) is 0 Å². The normalized spacial score (nSPS) is 17.5. The van der Waals surface area contributed by atoms with Crippen molar-refractivity contribution in [2.75, 3.05) is 5.32 Å². The topological polar surface area (TPSA) is 46.9 Å². The van der Waals surface area contributed by atoms with Gasteiger partial charge in [-0.2, -0.15) is 18.3 Å². The van der Waals surface area contributed by atoms with Crippen LogP contribution in [0.2, 0.25) is 0 Å². The third kappa shape index (κ3) is 4.72. The fraction of sp³-hybridized carbons (Fsp3) is 0.692. The van der Waals surface area contributed by atoms with Gasteiger partial charge in [-0.25, -0.2) is 4.68 Å². The predicted octanol–water partition coefficient (Wildman–Crippen LogP) is 3.70. The number of anilines is 1. The van der Waals surface area contributed by atoms with Gasteiger partial charge in [-0.05, 0) is 28.8 Å². The Morgan fingerprint density at radius 1 is 1.29 bits per heavy atom. The lowest BCUT2D eigenvalue weighted by molar-refractivity contribution is -0.143. The van der Waals surface area contributed by atoms with E-state index in [9.17, 15) is 18.0 Å². The Morgan fingerprint density at radius 3 is 2.48 bits per heavy atom. The van der Waals surface area contributed by atoms with E-state index in [0.717, 1.165) is 25.7 Å². The van der Waals surface area contributed by atoms with E-state index >= 15 is 0 Å². The summed E-state index contributed by atoms with van der Waals surface area (Å²) in [6.07, 6.45) is 3.45. The highest BCUT2D eigenvalue weighted by atomic mass is 79.9. The maximum absolute atomic E-state index is 12.3. The third-order valence-electron chi connectivity index (χ3n) is 3.53. The summed E-state index contributed by atoms with van der Waals surface area (Å²) in [5.74, 6) is 0.